The van der Waals surface area contributed by atoms with Gasteiger partial charge in [-0.15, -0.1) is 0 Å². The van der Waals surface area contributed by atoms with Crippen LogP contribution in [0.2, 0.25) is 0 Å². The second-order valence-electron chi connectivity index (χ2n) is 7.38. The number of amidine groups is 1. The summed E-state index contributed by atoms with van der Waals surface area (Å²) in [6.07, 6.45) is -0.807. The Labute approximate surface area is 158 Å². The molecular weight excluding hydrogens is 372 g/mol. The number of hydrogen-bond donors (Lipinski definition) is 3. The van der Waals surface area contributed by atoms with Crippen LogP contribution < -0.4 is 15.6 Å². The molecule has 0 aromatic heterocycles. The van der Waals surface area contributed by atoms with E-state index >= 15 is 0 Å². The van der Waals surface area contributed by atoms with Gasteiger partial charge in [0, 0.05) is 5.56 Å². The topological polar surface area (TPSA) is 126 Å². The number of carbonyl (C=O) groups is 2. The van der Waals surface area contributed by atoms with E-state index in [2.05, 4.69) is 20.6 Å². The lowest BCUT2D eigenvalue weighted by molar-refractivity contribution is -0.124. The molecule has 9 nitrogen and oxygen atoms in total. The number of ether oxygens (including phenoxy) is 1. The number of rotatable bonds is 3. The van der Waals surface area contributed by atoms with Crippen LogP contribution >= 0.6 is 0 Å². The van der Waals surface area contributed by atoms with Gasteiger partial charge in [-0.05, 0) is 38.8 Å². The van der Waals surface area contributed by atoms with Crippen LogP contribution in [0.4, 0.5) is 4.79 Å². The van der Waals surface area contributed by atoms with Crippen molar-refractivity contribution in [2.45, 2.75) is 51.2 Å². The van der Waals surface area contributed by atoms with Crippen molar-refractivity contribution in [3.8, 4) is 0 Å². The fraction of sp³-hybridized carbons (Fsp3) is 0.471. The molecule has 148 valence electrons. The van der Waals surface area contributed by atoms with Gasteiger partial charge in [0.05, 0.1) is 4.90 Å². The summed E-state index contributed by atoms with van der Waals surface area (Å²) in [6.45, 7) is 8.61. The molecule has 1 aromatic rings. The first-order valence-corrected chi connectivity index (χ1v) is 9.88. The first-order chi connectivity index (χ1) is 12.4. The fourth-order valence-corrected chi connectivity index (χ4v) is 3.61. The minimum atomic E-state index is -3.70. The lowest BCUT2D eigenvalue weighted by Gasteiger charge is -2.21. The number of carbonyl (C=O) groups excluding carboxylic acids is 2. The molecule has 0 aliphatic carbocycles. The lowest BCUT2D eigenvalue weighted by atomic mass is 10.0. The average Bonchev–Trinajstić information content (AvgIpc) is 2.80. The Morgan fingerprint density at radius 2 is 1.78 bits per heavy atom. The van der Waals surface area contributed by atoms with E-state index in [-0.39, 0.29) is 16.6 Å². The normalized spacial score (nSPS) is 17.8. The van der Waals surface area contributed by atoms with Gasteiger partial charge in [-0.3, -0.25) is 19.9 Å². The maximum absolute atomic E-state index is 12.5. The molecule has 27 heavy (non-hydrogen) atoms. The first kappa shape index (κ1) is 20.7. The third-order valence-electron chi connectivity index (χ3n) is 3.52. The molecule has 1 aliphatic rings. The van der Waals surface area contributed by atoms with Crippen LogP contribution in [0.25, 0.3) is 0 Å². The number of aliphatic imine (C=N–C) groups is 1. The third kappa shape index (κ3) is 5.19. The lowest BCUT2D eigenvalue weighted by Crippen LogP contribution is -2.49. The van der Waals surface area contributed by atoms with E-state index in [1.807, 2.05) is 0 Å². The summed E-state index contributed by atoms with van der Waals surface area (Å²) in [5.74, 6) is -0.751. The quantitative estimate of drug-likeness (QED) is 0.664. The molecule has 0 spiro atoms. The van der Waals surface area contributed by atoms with Crippen LogP contribution in [0.15, 0.2) is 34.2 Å². The zero-order chi connectivity index (χ0) is 20.4. The van der Waals surface area contributed by atoms with Gasteiger partial charge in [0.1, 0.15) is 17.5 Å². The van der Waals surface area contributed by atoms with Gasteiger partial charge < -0.3 is 4.74 Å². The Morgan fingerprint density at radius 3 is 2.37 bits per heavy atom. The molecule has 0 saturated carbocycles. The predicted octanol–water partition coefficient (Wildman–Crippen LogP) is 1.31. The van der Waals surface area contributed by atoms with Crippen molar-refractivity contribution in [1.29, 1.82) is 0 Å². The van der Waals surface area contributed by atoms with Gasteiger partial charge in [0.2, 0.25) is 0 Å². The molecule has 1 aromatic carbocycles. The molecule has 0 radical (unpaired) electrons. The Kier molecular flexibility index (Phi) is 5.79. The van der Waals surface area contributed by atoms with Crippen molar-refractivity contribution in [3.05, 3.63) is 29.8 Å². The second kappa shape index (κ2) is 7.55. The molecular formula is C17H24N4O5S. The summed E-state index contributed by atoms with van der Waals surface area (Å²) in [4.78, 5) is 28.5. The number of benzene rings is 1. The zero-order valence-electron chi connectivity index (χ0n) is 15.9. The summed E-state index contributed by atoms with van der Waals surface area (Å²) < 4.78 is 31.7. The van der Waals surface area contributed by atoms with Gasteiger partial charge in [-0.25, -0.2) is 18.6 Å². The van der Waals surface area contributed by atoms with E-state index in [0.29, 0.717) is 5.56 Å². The number of hydrogen-bond acceptors (Lipinski definition) is 6. The highest BCUT2D eigenvalue weighted by molar-refractivity contribution is 7.90. The van der Waals surface area contributed by atoms with Crippen LogP contribution in [-0.2, 0) is 19.6 Å². The van der Waals surface area contributed by atoms with Gasteiger partial charge in [0.15, 0.2) is 0 Å². The van der Waals surface area contributed by atoms with Crippen molar-refractivity contribution in [3.63, 3.8) is 0 Å². The summed E-state index contributed by atoms with van der Waals surface area (Å²) in [5, 5.41) is 0. The minimum absolute atomic E-state index is 0.0942. The van der Waals surface area contributed by atoms with Crippen molar-refractivity contribution < 1.29 is 22.7 Å². The molecule has 1 heterocycles. The van der Waals surface area contributed by atoms with E-state index < -0.39 is 33.7 Å². The molecule has 0 bridgehead atoms. The standard InChI is InChI=1S/C17H24N4O5S/c1-10(2)13(15(22)19-20-16(23)26-17(3,4)5)18-14-11-8-6-7-9-12(11)27(24,25)21-14/h6-10,13H,1-5H3,(H,18,21)(H,19,22)(H,20,23)/t13-/m0/s1. The second-order valence-corrected chi connectivity index (χ2v) is 9.04. The van der Waals surface area contributed by atoms with E-state index in [0.717, 1.165) is 0 Å². The maximum Gasteiger partial charge on any atom is 0.426 e. The van der Waals surface area contributed by atoms with Crippen molar-refractivity contribution >= 4 is 27.9 Å². The predicted molar refractivity (Wildman–Crippen MR) is 99.4 cm³/mol. The van der Waals surface area contributed by atoms with Gasteiger partial charge in [0.25, 0.3) is 15.9 Å². The monoisotopic (exact) mass is 396 g/mol. The minimum Gasteiger partial charge on any atom is -0.443 e. The Hall–Kier alpha value is -2.62. The highest BCUT2D eigenvalue weighted by atomic mass is 32.2. The Balaban J connectivity index is 2.18. The van der Waals surface area contributed by atoms with Crippen LogP contribution in [-0.4, -0.2) is 37.9 Å². The largest absolute Gasteiger partial charge is 0.443 e. The smallest absolute Gasteiger partial charge is 0.426 e. The number of nitrogens with one attached hydrogen (secondary N) is 3. The van der Waals surface area contributed by atoms with Crippen molar-refractivity contribution in [2.24, 2.45) is 10.9 Å². The number of nitrogens with zero attached hydrogens (tertiary/aromatic N) is 1. The molecule has 0 saturated heterocycles. The maximum atomic E-state index is 12.5. The van der Waals surface area contributed by atoms with Crippen LogP contribution in [0.3, 0.4) is 0 Å². The molecule has 0 unspecified atom stereocenters. The summed E-state index contributed by atoms with van der Waals surface area (Å²) in [7, 11) is -3.70. The SMILES string of the molecule is CC(C)[C@H](N=C1NS(=O)(=O)c2ccccc21)C(=O)NNC(=O)OC(C)(C)C. The fourth-order valence-electron chi connectivity index (χ4n) is 2.37. The van der Waals surface area contributed by atoms with E-state index in [4.69, 9.17) is 4.74 Å². The van der Waals surface area contributed by atoms with Crippen LogP contribution in [0.5, 0.6) is 0 Å². The van der Waals surface area contributed by atoms with E-state index in [1.165, 1.54) is 6.07 Å². The van der Waals surface area contributed by atoms with Gasteiger partial charge >= 0.3 is 6.09 Å². The average molecular weight is 396 g/mol. The molecule has 1 atom stereocenters. The third-order valence-corrected chi connectivity index (χ3v) is 4.91. The molecule has 10 heteroatoms. The number of fused-ring (bicyclic) bond motifs is 1. The molecule has 2 rings (SSSR count). The van der Waals surface area contributed by atoms with Crippen molar-refractivity contribution in [1.82, 2.24) is 15.6 Å². The van der Waals surface area contributed by atoms with Gasteiger partial charge in [-0.1, -0.05) is 26.0 Å². The summed E-state index contributed by atoms with van der Waals surface area (Å²) in [5.41, 5.74) is 4.11. The number of amides is 2. The van der Waals surface area contributed by atoms with Crippen LogP contribution in [0.1, 0.15) is 40.2 Å². The van der Waals surface area contributed by atoms with Gasteiger partial charge in [-0.2, -0.15) is 0 Å². The number of sulfonamides is 1. The number of hydrazine groups is 1. The zero-order valence-corrected chi connectivity index (χ0v) is 16.7. The highest BCUT2D eigenvalue weighted by Crippen LogP contribution is 2.23. The Bertz CT molecular complexity index is 872. The molecule has 1 aliphatic heterocycles. The molecule has 0 fully saturated rings. The first-order valence-electron chi connectivity index (χ1n) is 8.39. The van der Waals surface area contributed by atoms with Crippen molar-refractivity contribution in [2.75, 3.05) is 0 Å². The highest BCUT2D eigenvalue weighted by Gasteiger charge is 2.32. The summed E-state index contributed by atoms with van der Waals surface area (Å²) in [6, 6.07) is 5.45. The Morgan fingerprint density at radius 1 is 1.15 bits per heavy atom. The van der Waals surface area contributed by atoms with Crippen LogP contribution in [0, 0.1) is 5.92 Å². The van der Waals surface area contributed by atoms with E-state index in [1.54, 1.807) is 52.8 Å². The molecule has 2 amide bonds. The van der Waals surface area contributed by atoms with E-state index in [9.17, 15) is 18.0 Å². The summed E-state index contributed by atoms with van der Waals surface area (Å²) >= 11 is 0. The molecule has 3 N–H and O–H groups in total.